The fourth-order valence-corrected chi connectivity index (χ4v) is 8.73. The first-order valence-electron chi connectivity index (χ1n) is 19.5. The van der Waals surface area contributed by atoms with Crippen molar-refractivity contribution in [3.63, 3.8) is 0 Å². The smallest absolute Gasteiger partial charge is 0.0562 e. The summed E-state index contributed by atoms with van der Waals surface area (Å²) in [5.41, 5.74) is 15.0. The van der Waals surface area contributed by atoms with Gasteiger partial charge in [0.25, 0.3) is 0 Å². The Kier molecular flexibility index (Phi) is 7.82. The van der Waals surface area contributed by atoms with Crippen LogP contribution in [0.2, 0.25) is 0 Å². The molecule has 0 radical (unpaired) electrons. The largest absolute Gasteiger partial charge is 0.310 e. The molecule has 0 amide bonds. The third kappa shape index (κ3) is 5.51. The molecule has 2 aromatic heterocycles. The zero-order chi connectivity index (χ0) is 37.7. The predicted octanol–water partition coefficient (Wildman–Crippen LogP) is 14.7. The van der Waals surface area contributed by atoms with Crippen LogP contribution in [0.5, 0.6) is 0 Å². The Morgan fingerprint density at radius 1 is 0.281 bits per heavy atom. The lowest BCUT2D eigenvalue weighted by Gasteiger charge is -2.27. The van der Waals surface area contributed by atoms with Gasteiger partial charge in [-0.15, -0.1) is 0 Å². The van der Waals surface area contributed by atoms with E-state index in [-0.39, 0.29) is 0 Å². The van der Waals surface area contributed by atoms with E-state index >= 15 is 0 Å². The van der Waals surface area contributed by atoms with Crippen LogP contribution in [0.25, 0.3) is 77.2 Å². The second-order valence-electron chi connectivity index (χ2n) is 14.6. The van der Waals surface area contributed by atoms with Crippen LogP contribution >= 0.6 is 0 Å². The van der Waals surface area contributed by atoms with Gasteiger partial charge in [0.2, 0.25) is 0 Å². The van der Waals surface area contributed by atoms with Crippen LogP contribution in [0.3, 0.4) is 0 Å². The molecule has 3 nitrogen and oxygen atoms in total. The number of rotatable bonds is 7. The minimum atomic E-state index is 1.09. The van der Waals surface area contributed by atoms with Gasteiger partial charge in [0.1, 0.15) is 0 Å². The Morgan fingerprint density at radius 2 is 0.754 bits per heavy atom. The Hall–Kier alpha value is -7.62. The van der Waals surface area contributed by atoms with E-state index in [2.05, 4.69) is 238 Å². The summed E-state index contributed by atoms with van der Waals surface area (Å²) in [5, 5.41) is 4.88. The van der Waals surface area contributed by atoms with E-state index in [1.165, 1.54) is 49.3 Å². The van der Waals surface area contributed by atoms with Crippen molar-refractivity contribution in [3.8, 4) is 33.6 Å². The Labute approximate surface area is 331 Å². The molecule has 0 N–H and O–H groups in total. The summed E-state index contributed by atoms with van der Waals surface area (Å²) in [7, 11) is 0. The van der Waals surface area contributed by atoms with Crippen LogP contribution in [0.15, 0.2) is 224 Å². The van der Waals surface area contributed by atoms with Crippen molar-refractivity contribution in [3.05, 3.63) is 224 Å². The number of anilines is 3. The van der Waals surface area contributed by atoms with Crippen molar-refractivity contribution in [1.82, 2.24) is 9.13 Å². The summed E-state index contributed by atoms with van der Waals surface area (Å²) in [5.74, 6) is 0. The summed E-state index contributed by atoms with van der Waals surface area (Å²) in [6, 6.07) is 81.2. The molecule has 0 aliphatic heterocycles. The van der Waals surface area contributed by atoms with Gasteiger partial charge in [-0.3, -0.25) is 0 Å². The highest BCUT2D eigenvalue weighted by Gasteiger charge is 2.23. The molecule has 0 fully saturated rings. The van der Waals surface area contributed by atoms with Gasteiger partial charge < -0.3 is 14.0 Å². The summed E-state index contributed by atoms with van der Waals surface area (Å²) in [4.78, 5) is 2.46. The molecule has 0 saturated heterocycles. The molecule has 0 aliphatic carbocycles. The molecule has 9 aromatic carbocycles. The lowest BCUT2D eigenvalue weighted by molar-refractivity contribution is 1.17. The molecule has 0 unspecified atom stereocenters. The first kappa shape index (κ1) is 32.8. The van der Waals surface area contributed by atoms with Crippen LogP contribution in [0.4, 0.5) is 17.1 Å². The van der Waals surface area contributed by atoms with Crippen LogP contribution in [-0.4, -0.2) is 9.13 Å². The van der Waals surface area contributed by atoms with Gasteiger partial charge in [-0.05, 0) is 95.1 Å². The van der Waals surface area contributed by atoms with Gasteiger partial charge >= 0.3 is 0 Å². The van der Waals surface area contributed by atoms with Gasteiger partial charge in [0, 0.05) is 44.3 Å². The van der Waals surface area contributed by atoms with E-state index in [4.69, 9.17) is 0 Å². The molecule has 0 aliphatic rings. The van der Waals surface area contributed by atoms with Crippen molar-refractivity contribution >= 4 is 60.7 Å². The molecule has 2 heterocycles. The third-order valence-electron chi connectivity index (χ3n) is 11.3. The van der Waals surface area contributed by atoms with Crippen molar-refractivity contribution < 1.29 is 0 Å². The fraction of sp³-hybridized carbons (Fsp3) is 0. The van der Waals surface area contributed by atoms with E-state index < -0.39 is 0 Å². The second kappa shape index (κ2) is 13.6. The highest BCUT2D eigenvalue weighted by molar-refractivity contribution is 6.17. The van der Waals surface area contributed by atoms with Crippen LogP contribution in [0, 0.1) is 0 Å². The summed E-state index contributed by atoms with van der Waals surface area (Å²) in [6.07, 6.45) is 0. The number of aromatic nitrogens is 2. The first-order chi connectivity index (χ1) is 28.3. The fourth-order valence-electron chi connectivity index (χ4n) is 8.73. The van der Waals surface area contributed by atoms with Crippen LogP contribution in [-0.2, 0) is 0 Å². The Bertz CT molecular complexity index is 3210. The van der Waals surface area contributed by atoms with E-state index in [0.29, 0.717) is 0 Å². The normalized spacial score (nSPS) is 11.5. The number of nitrogens with zero attached hydrogens (tertiary/aromatic N) is 3. The SMILES string of the molecule is c1ccc(-c2ccc(-c3cccc(N(c4ccc5c6ccccc6n(-c6ccccc6)c5c4)c4cccc5c4c4ccccc4n5-c4ccccc4)c3)cc2)cc1. The maximum Gasteiger partial charge on any atom is 0.0562 e. The molecular formula is C54H37N3. The van der Waals surface area contributed by atoms with E-state index in [0.717, 1.165) is 45.0 Å². The Morgan fingerprint density at radius 3 is 1.46 bits per heavy atom. The molecule has 11 aromatic rings. The zero-order valence-corrected chi connectivity index (χ0v) is 31.2. The Balaban J connectivity index is 1.17. The lowest BCUT2D eigenvalue weighted by Crippen LogP contribution is -2.11. The van der Waals surface area contributed by atoms with E-state index in [9.17, 15) is 0 Å². The molecule has 268 valence electrons. The number of benzene rings is 9. The molecule has 0 bridgehead atoms. The molecule has 0 atom stereocenters. The van der Waals surface area contributed by atoms with Crippen LogP contribution in [0.1, 0.15) is 0 Å². The van der Waals surface area contributed by atoms with E-state index in [1.807, 2.05) is 0 Å². The molecule has 3 heteroatoms. The highest BCUT2D eigenvalue weighted by atomic mass is 15.2. The van der Waals surface area contributed by atoms with Gasteiger partial charge in [0.15, 0.2) is 0 Å². The van der Waals surface area contributed by atoms with Gasteiger partial charge in [-0.1, -0.05) is 152 Å². The number of hydrogen-bond donors (Lipinski definition) is 0. The van der Waals surface area contributed by atoms with E-state index in [1.54, 1.807) is 0 Å². The maximum atomic E-state index is 2.46. The average molecular weight is 728 g/mol. The molecule has 11 rings (SSSR count). The van der Waals surface area contributed by atoms with Crippen molar-refractivity contribution in [2.24, 2.45) is 0 Å². The lowest BCUT2D eigenvalue weighted by atomic mass is 9.99. The number of fused-ring (bicyclic) bond motifs is 6. The quantitative estimate of drug-likeness (QED) is 0.159. The summed E-state index contributed by atoms with van der Waals surface area (Å²) >= 11 is 0. The monoisotopic (exact) mass is 727 g/mol. The van der Waals surface area contributed by atoms with Crippen molar-refractivity contribution in [1.29, 1.82) is 0 Å². The summed E-state index contributed by atoms with van der Waals surface area (Å²) < 4.78 is 4.80. The standard InChI is InChI=1S/C54H37N3/c1-4-16-38(17-5-1)39-30-32-40(33-31-39)41-18-14-23-44(36-41)55(45-34-35-47-46-24-10-12-26-49(46)57(53(47)37-45)43-21-8-3-9-22-43)51-28-15-29-52-54(51)48-25-11-13-27-50(48)56(52)42-19-6-2-7-20-42/h1-37H. The van der Waals surface area contributed by atoms with Gasteiger partial charge in [0.05, 0.1) is 27.8 Å². The minimum Gasteiger partial charge on any atom is -0.310 e. The molecule has 57 heavy (non-hydrogen) atoms. The maximum absolute atomic E-state index is 2.46. The van der Waals surface area contributed by atoms with Crippen LogP contribution < -0.4 is 4.90 Å². The average Bonchev–Trinajstić information content (AvgIpc) is 3.81. The second-order valence-corrected chi connectivity index (χ2v) is 14.6. The third-order valence-corrected chi connectivity index (χ3v) is 11.3. The number of hydrogen-bond acceptors (Lipinski definition) is 1. The summed E-state index contributed by atoms with van der Waals surface area (Å²) in [6.45, 7) is 0. The van der Waals surface area contributed by atoms with Crippen molar-refractivity contribution in [2.75, 3.05) is 4.90 Å². The van der Waals surface area contributed by atoms with Crippen molar-refractivity contribution in [2.45, 2.75) is 0 Å². The minimum absolute atomic E-state index is 1.09. The first-order valence-corrected chi connectivity index (χ1v) is 19.5. The van der Waals surface area contributed by atoms with Gasteiger partial charge in [-0.2, -0.15) is 0 Å². The molecule has 0 spiro atoms. The highest BCUT2D eigenvalue weighted by Crippen LogP contribution is 2.46. The predicted molar refractivity (Wildman–Crippen MR) is 241 cm³/mol. The molecular weight excluding hydrogens is 691 g/mol. The topological polar surface area (TPSA) is 13.1 Å². The van der Waals surface area contributed by atoms with Gasteiger partial charge in [-0.25, -0.2) is 0 Å². The number of para-hydroxylation sites is 4. The zero-order valence-electron chi connectivity index (χ0n) is 31.2. The molecule has 0 saturated carbocycles.